The van der Waals surface area contributed by atoms with E-state index in [1.807, 2.05) is 13.8 Å². The third kappa shape index (κ3) is 5.89. The smallest absolute Gasteiger partial charge is 0.127 e. The molecular formula is C40H54O4. The quantitative estimate of drug-likeness (QED) is 0.282. The van der Waals surface area contributed by atoms with Crippen molar-refractivity contribution in [1.29, 1.82) is 0 Å². The van der Waals surface area contributed by atoms with Crippen LogP contribution in [0, 0.1) is 49.4 Å². The third-order valence-electron chi connectivity index (χ3n) is 10.9. The molecule has 0 aliphatic heterocycles. The topological polar surface area (TPSA) is 58.9 Å². The van der Waals surface area contributed by atoms with Crippen LogP contribution in [0.5, 0.6) is 11.5 Å². The van der Waals surface area contributed by atoms with Gasteiger partial charge in [0.25, 0.3) is 0 Å². The summed E-state index contributed by atoms with van der Waals surface area (Å²) in [4.78, 5) is 0. The van der Waals surface area contributed by atoms with Crippen LogP contribution in [0.3, 0.4) is 0 Å². The first-order valence-corrected chi connectivity index (χ1v) is 17.0. The van der Waals surface area contributed by atoms with Crippen LogP contribution >= 0.6 is 0 Å². The second kappa shape index (κ2) is 11.7. The van der Waals surface area contributed by atoms with Crippen LogP contribution in [-0.2, 0) is 33.5 Å². The molecule has 0 amide bonds. The molecule has 6 rings (SSSR count). The van der Waals surface area contributed by atoms with E-state index < -0.39 is 0 Å². The van der Waals surface area contributed by atoms with E-state index >= 15 is 0 Å². The number of fused-ring (bicyclic) bond motifs is 4. The van der Waals surface area contributed by atoms with E-state index in [9.17, 15) is 10.2 Å². The van der Waals surface area contributed by atoms with Gasteiger partial charge in [0.05, 0.1) is 26.4 Å². The zero-order chi connectivity index (χ0) is 31.6. The number of hydrogen-bond acceptors (Lipinski definition) is 4. The highest BCUT2D eigenvalue weighted by Gasteiger charge is 2.37. The Morgan fingerprint density at radius 2 is 1.00 bits per heavy atom. The maximum absolute atomic E-state index is 12.1. The summed E-state index contributed by atoms with van der Waals surface area (Å²) in [6, 6.07) is 4.35. The van der Waals surface area contributed by atoms with Crippen molar-refractivity contribution < 1.29 is 19.7 Å². The van der Waals surface area contributed by atoms with Crippen LogP contribution in [0.2, 0.25) is 0 Å². The first-order chi connectivity index (χ1) is 20.7. The SMILES string of the molecule is Cc1cc(COCC2CC3C=CC2C3)c(C(C)(C)C)c(O)c1-c1c(C)cc(COCC2CC3C=CC2C3)c(C(C)(C)C)c1O. The number of phenolic OH excluding ortho intramolecular Hbond substituents is 2. The second-order valence-electron chi connectivity index (χ2n) is 16.5. The molecule has 0 spiro atoms. The van der Waals surface area contributed by atoms with Crippen LogP contribution in [0.15, 0.2) is 36.4 Å². The van der Waals surface area contributed by atoms with Crippen LogP contribution in [0.1, 0.15) is 101 Å². The Morgan fingerprint density at radius 1 is 0.614 bits per heavy atom. The fraction of sp³-hybridized carbons (Fsp3) is 0.600. The van der Waals surface area contributed by atoms with Crippen molar-refractivity contribution in [3.8, 4) is 22.6 Å². The molecule has 6 atom stereocenters. The molecule has 4 aliphatic rings. The summed E-state index contributed by atoms with van der Waals surface area (Å²) < 4.78 is 12.7. The lowest BCUT2D eigenvalue weighted by Crippen LogP contribution is -2.19. The van der Waals surface area contributed by atoms with E-state index in [1.54, 1.807) is 0 Å². The molecule has 0 aromatic heterocycles. The highest BCUT2D eigenvalue weighted by molar-refractivity contribution is 5.84. The third-order valence-corrected chi connectivity index (χ3v) is 10.9. The Bertz CT molecular complexity index is 1350. The van der Waals surface area contributed by atoms with Gasteiger partial charge in [-0.2, -0.15) is 0 Å². The van der Waals surface area contributed by atoms with Gasteiger partial charge in [-0.3, -0.25) is 0 Å². The highest BCUT2D eigenvalue weighted by atomic mass is 16.5. The Labute approximate surface area is 265 Å². The lowest BCUT2D eigenvalue weighted by atomic mass is 9.76. The number of ether oxygens (including phenoxy) is 2. The number of aromatic hydroxyl groups is 2. The predicted octanol–water partition coefficient (Wildman–Crippen LogP) is 9.43. The lowest BCUT2D eigenvalue weighted by Gasteiger charge is -2.30. The molecule has 4 bridgehead atoms. The normalized spacial score (nSPS) is 27.3. The molecule has 2 N–H and O–H groups in total. The Balaban J connectivity index is 1.30. The first-order valence-electron chi connectivity index (χ1n) is 17.0. The van der Waals surface area contributed by atoms with Gasteiger partial charge in [0.15, 0.2) is 0 Å². The molecule has 4 heteroatoms. The average Bonchev–Trinajstić information content (AvgIpc) is 3.71. The van der Waals surface area contributed by atoms with E-state index in [1.165, 1.54) is 25.7 Å². The van der Waals surface area contributed by atoms with Crippen molar-refractivity contribution in [2.45, 2.75) is 105 Å². The van der Waals surface area contributed by atoms with Crippen LogP contribution in [0.4, 0.5) is 0 Å². The maximum atomic E-state index is 12.1. The minimum Gasteiger partial charge on any atom is -0.507 e. The van der Waals surface area contributed by atoms with Gasteiger partial charge >= 0.3 is 0 Å². The maximum Gasteiger partial charge on any atom is 0.127 e. The molecule has 238 valence electrons. The molecule has 2 saturated carbocycles. The predicted molar refractivity (Wildman–Crippen MR) is 179 cm³/mol. The van der Waals surface area contributed by atoms with Gasteiger partial charge < -0.3 is 19.7 Å². The van der Waals surface area contributed by atoms with Crippen molar-refractivity contribution in [2.75, 3.05) is 13.2 Å². The standard InChI is InChI=1S/C40H54O4/c1-23-13-31(21-43-19-29-17-25-9-11-27(29)15-25)35(39(3,4)5)37(41)33(23)34-24(2)14-32(36(38(34)42)40(6,7)8)22-44-20-30-18-26-10-12-28(30)16-26/h9-14,25-30,41-42H,15-22H2,1-8H3. The molecule has 4 aliphatic carbocycles. The van der Waals surface area contributed by atoms with Crippen molar-refractivity contribution in [2.24, 2.45) is 35.5 Å². The van der Waals surface area contributed by atoms with Gasteiger partial charge in [-0.15, -0.1) is 0 Å². The monoisotopic (exact) mass is 598 g/mol. The number of hydrogen-bond donors (Lipinski definition) is 2. The molecule has 44 heavy (non-hydrogen) atoms. The molecular weight excluding hydrogens is 544 g/mol. The Hall–Kier alpha value is -2.56. The lowest BCUT2D eigenvalue weighted by molar-refractivity contribution is 0.0778. The van der Waals surface area contributed by atoms with E-state index in [4.69, 9.17) is 9.47 Å². The fourth-order valence-electron chi connectivity index (χ4n) is 9.08. The second-order valence-corrected chi connectivity index (χ2v) is 16.5. The Morgan fingerprint density at radius 3 is 1.30 bits per heavy atom. The zero-order valence-electron chi connectivity index (χ0n) is 28.3. The molecule has 4 nitrogen and oxygen atoms in total. The van der Waals surface area contributed by atoms with E-state index in [2.05, 4.69) is 78.0 Å². The number of benzene rings is 2. The van der Waals surface area contributed by atoms with E-state index in [0.29, 0.717) is 36.9 Å². The van der Waals surface area contributed by atoms with E-state index in [0.717, 1.165) is 69.6 Å². The summed E-state index contributed by atoms with van der Waals surface area (Å²) in [7, 11) is 0. The molecule has 2 aromatic rings. The van der Waals surface area contributed by atoms with E-state index in [-0.39, 0.29) is 22.3 Å². The molecule has 0 radical (unpaired) electrons. The summed E-state index contributed by atoms with van der Waals surface area (Å²) >= 11 is 0. The van der Waals surface area contributed by atoms with Crippen LogP contribution in [-0.4, -0.2) is 23.4 Å². The zero-order valence-corrected chi connectivity index (χ0v) is 28.3. The van der Waals surface area contributed by atoms with Crippen molar-refractivity contribution in [1.82, 2.24) is 0 Å². The molecule has 6 unspecified atom stereocenters. The van der Waals surface area contributed by atoms with Gasteiger partial charge in [0, 0.05) is 22.3 Å². The minimum atomic E-state index is -0.306. The minimum absolute atomic E-state index is 0.255. The number of phenols is 2. The molecule has 2 fully saturated rings. The Kier molecular flexibility index (Phi) is 8.33. The summed E-state index contributed by atoms with van der Waals surface area (Å²) in [5.74, 6) is 4.49. The number of aryl methyl sites for hydroxylation is 2. The average molecular weight is 599 g/mol. The summed E-state index contributed by atoms with van der Waals surface area (Å²) in [6.45, 7) is 19.4. The number of rotatable bonds is 9. The summed E-state index contributed by atoms with van der Waals surface area (Å²) in [5, 5.41) is 24.1. The van der Waals surface area contributed by atoms with Gasteiger partial charge in [0.2, 0.25) is 0 Å². The highest BCUT2D eigenvalue weighted by Crippen LogP contribution is 2.50. The number of allylic oxidation sites excluding steroid dienone is 4. The summed E-state index contributed by atoms with van der Waals surface area (Å²) in [5.41, 5.74) is 6.58. The van der Waals surface area contributed by atoms with Crippen LogP contribution in [0.25, 0.3) is 11.1 Å². The summed E-state index contributed by atoms with van der Waals surface area (Å²) in [6.07, 6.45) is 14.5. The molecule has 0 heterocycles. The molecule has 0 saturated heterocycles. The van der Waals surface area contributed by atoms with Gasteiger partial charge in [-0.25, -0.2) is 0 Å². The van der Waals surface area contributed by atoms with Crippen molar-refractivity contribution >= 4 is 0 Å². The van der Waals surface area contributed by atoms with Gasteiger partial charge in [-0.1, -0.05) is 78.0 Å². The fourth-order valence-corrected chi connectivity index (χ4v) is 9.08. The van der Waals surface area contributed by atoms with Gasteiger partial charge in [-0.05, 0) is 108 Å². The van der Waals surface area contributed by atoms with Crippen molar-refractivity contribution in [3.05, 3.63) is 69.8 Å². The van der Waals surface area contributed by atoms with Gasteiger partial charge in [0.1, 0.15) is 11.5 Å². The largest absolute Gasteiger partial charge is 0.507 e. The first kappa shape index (κ1) is 31.4. The van der Waals surface area contributed by atoms with Crippen molar-refractivity contribution in [3.63, 3.8) is 0 Å². The molecule has 2 aromatic carbocycles. The van der Waals surface area contributed by atoms with Crippen LogP contribution < -0.4 is 0 Å².